The highest BCUT2D eigenvalue weighted by atomic mass is 35.5. The smallest absolute Gasteiger partial charge is 0.416 e. The number of carbonyl (C=O) groups is 1. The molecule has 1 aliphatic heterocycles. The number of anilines is 2. The number of esters is 1. The van der Waals surface area contributed by atoms with Gasteiger partial charge in [-0.3, -0.25) is 0 Å². The summed E-state index contributed by atoms with van der Waals surface area (Å²) in [6.45, 7) is 1.87. The Morgan fingerprint density at radius 2 is 1.54 bits per heavy atom. The Hall–Kier alpha value is -4.17. The predicted octanol–water partition coefficient (Wildman–Crippen LogP) is 9.56. The number of alkyl halides is 6. The molecule has 0 amide bonds. The van der Waals surface area contributed by atoms with Gasteiger partial charge in [0.2, 0.25) is 11.2 Å². The van der Waals surface area contributed by atoms with E-state index in [-0.39, 0.29) is 65.0 Å². The summed E-state index contributed by atoms with van der Waals surface area (Å²) in [6, 6.07) is 9.72. The van der Waals surface area contributed by atoms with Crippen LogP contribution in [-0.4, -0.2) is 50.6 Å². The first kappa shape index (κ1) is 37.6. The Balaban J connectivity index is 1.26. The van der Waals surface area contributed by atoms with Gasteiger partial charge in [-0.2, -0.15) is 31.3 Å². The fraction of sp³-hybridized carbons (Fsp3) is 0.417. The molecule has 2 aromatic carbocycles. The second-order valence-electron chi connectivity index (χ2n) is 13.0. The van der Waals surface area contributed by atoms with Crippen LogP contribution in [0.1, 0.15) is 84.0 Å². The van der Waals surface area contributed by atoms with Gasteiger partial charge in [-0.25, -0.2) is 19.7 Å². The van der Waals surface area contributed by atoms with Gasteiger partial charge < -0.3 is 14.5 Å². The topological polar surface area (TPSA) is 84.3 Å². The molecule has 276 valence electrons. The largest absolute Gasteiger partial charge is 0.459 e. The van der Waals surface area contributed by atoms with E-state index in [0.717, 1.165) is 17.7 Å². The zero-order valence-corrected chi connectivity index (χ0v) is 29.4. The maximum absolute atomic E-state index is 13.8. The number of halogens is 8. The molecule has 2 fully saturated rings. The molecular formula is C36H34Cl2F6N6O2. The van der Waals surface area contributed by atoms with Gasteiger partial charge in [0.1, 0.15) is 11.1 Å². The molecule has 4 aromatic rings. The summed E-state index contributed by atoms with van der Waals surface area (Å²) < 4.78 is 88.6. The lowest BCUT2D eigenvalue weighted by molar-refractivity contribution is -0.143. The van der Waals surface area contributed by atoms with E-state index in [1.807, 2.05) is 17.9 Å². The summed E-state index contributed by atoms with van der Waals surface area (Å²) >= 11 is 12.5. The second-order valence-corrected chi connectivity index (χ2v) is 13.8. The van der Waals surface area contributed by atoms with Gasteiger partial charge >= 0.3 is 18.3 Å². The molecule has 2 aliphatic rings. The number of ether oxygens (including phenoxy) is 1. The zero-order chi connectivity index (χ0) is 37.2. The molecule has 0 N–H and O–H groups in total. The summed E-state index contributed by atoms with van der Waals surface area (Å²) in [6.07, 6.45) is -1.79. The molecular weight excluding hydrogens is 733 g/mol. The van der Waals surface area contributed by atoms with Crippen molar-refractivity contribution in [2.24, 2.45) is 0 Å². The second kappa shape index (κ2) is 15.4. The standard InChI is InChI=1S/C36H34Cl2F6N6O2/c1-2-27-15-28(20-49(27)31-30(37)18-45-33(38)48-31)50(19-21-12-25(35(39,40)41)14-26(13-21)36(42,43)44)34-46-16-24(17-47-34)22-8-10-29(11-9-22)52-32(51)23-6-4-3-5-7-23/h3-7,12-14,16-18,22,27-29H,2,8-11,15,19-20H2,1H3/t22?,27-,28+,29?/m1/s1. The fourth-order valence-corrected chi connectivity index (χ4v) is 7.30. The molecule has 16 heteroatoms. The Morgan fingerprint density at radius 3 is 2.13 bits per heavy atom. The van der Waals surface area contributed by atoms with Crippen LogP contribution < -0.4 is 9.80 Å². The highest BCUT2D eigenvalue weighted by Crippen LogP contribution is 2.39. The number of hydrogen-bond donors (Lipinski definition) is 0. The third-order valence-corrected chi connectivity index (χ3v) is 10.1. The minimum absolute atomic E-state index is 0.0273. The van der Waals surface area contributed by atoms with Crippen LogP contribution in [0, 0.1) is 0 Å². The van der Waals surface area contributed by atoms with Crippen molar-refractivity contribution in [3.63, 3.8) is 0 Å². The van der Waals surface area contributed by atoms with E-state index < -0.39 is 29.5 Å². The summed E-state index contributed by atoms with van der Waals surface area (Å²) in [5, 5.41) is 0.216. The molecule has 3 heterocycles. The minimum atomic E-state index is -5.00. The van der Waals surface area contributed by atoms with Crippen molar-refractivity contribution < 1.29 is 35.9 Å². The normalized spacial score (nSPS) is 20.9. The number of nitrogens with zero attached hydrogens (tertiary/aromatic N) is 6. The Morgan fingerprint density at radius 1 is 0.904 bits per heavy atom. The zero-order valence-electron chi connectivity index (χ0n) is 27.8. The molecule has 2 aromatic heterocycles. The lowest BCUT2D eigenvalue weighted by Gasteiger charge is -2.31. The molecule has 0 radical (unpaired) electrons. The summed E-state index contributed by atoms with van der Waals surface area (Å²) in [5.74, 6) is 0.216. The number of carbonyl (C=O) groups excluding carboxylic acids is 1. The lowest BCUT2D eigenvalue weighted by Crippen LogP contribution is -2.39. The van der Waals surface area contributed by atoms with Gasteiger partial charge in [-0.05, 0) is 97.5 Å². The fourth-order valence-electron chi connectivity index (χ4n) is 6.97. The van der Waals surface area contributed by atoms with Crippen LogP contribution in [0.4, 0.5) is 38.1 Å². The highest BCUT2D eigenvalue weighted by molar-refractivity contribution is 6.33. The number of rotatable bonds is 9. The molecule has 0 unspecified atom stereocenters. The molecule has 52 heavy (non-hydrogen) atoms. The van der Waals surface area contributed by atoms with Gasteiger partial charge in [-0.15, -0.1) is 0 Å². The molecule has 0 bridgehead atoms. The Bertz CT molecular complexity index is 1830. The summed E-state index contributed by atoms with van der Waals surface area (Å²) in [5.41, 5.74) is -1.69. The Kier molecular flexibility index (Phi) is 11.2. The lowest BCUT2D eigenvalue weighted by atomic mass is 9.84. The van der Waals surface area contributed by atoms with Gasteiger partial charge in [-0.1, -0.05) is 36.7 Å². The van der Waals surface area contributed by atoms with Crippen LogP contribution in [0.2, 0.25) is 10.3 Å². The Labute approximate surface area is 306 Å². The number of hydrogen-bond acceptors (Lipinski definition) is 8. The van der Waals surface area contributed by atoms with E-state index in [0.29, 0.717) is 49.9 Å². The molecule has 2 atom stereocenters. The van der Waals surface area contributed by atoms with Crippen molar-refractivity contribution in [2.75, 3.05) is 16.3 Å². The average molecular weight is 768 g/mol. The first-order chi connectivity index (χ1) is 24.7. The average Bonchev–Trinajstić information content (AvgIpc) is 3.55. The highest BCUT2D eigenvalue weighted by Gasteiger charge is 2.40. The van der Waals surface area contributed by atoms with Crippen LogP contribution in [0.3, 0.4) is 0 Å². The van der Waals surface area contributed by atoms with E-state index in [9.17, 15) is 31.1 Å². The number of benzene rings is 2. The van der Waals surface area contributed by atoms with E-state index in [1.54, 1.807) is 41.6 Å². The minimum Gasteiger partial charge on any atom is -0.459 e. The van der Waals surface area contributed by atoms with E-state index in [2.05, 4.69) is 19.9 Å². The van der Waals surface area contributed by atoms with Crippen molar-refractivity contribution in [1.82, 2.24) is 19.9 Å². The van der Waals surface area contributed by atoms with Gasteiger partial charge in [0.15, 0.2) is 5.82 Å². The quantitative estimate of drug-likeness (QED) is 0.0947. The maximum atomic E-state index is 13.8. The van der Waals surface area contributed by atoms with Gasteiger partial charge in [0, 0.05) is 31.5 Å². The van der Waals surface area contributed by atoms with Crippen LogP contribution in [-0.2, 0) is 23.6 Å². The van der Waals surface area contributed by atoms with Crippen molar-refractivity contribution in [2.45, 2.75) is 88.5 Å². The summed E-state index contributed by atoms with van der Waals surface area (Å²) in [7, 11) is 0. The number of aromatic nitrogens is 4. The van der Waals surface area contributed by atoms with Crippen LogP contribution >= 0.6 is 23.2 Å². The maximum Gasteiger partial charge on any atom is 0.416 e. The summed E-state index contributed by atoms with van der Waals surface area (Å²) in [4.78, 5) is 33.5. The van der Waals surface area contributed by atoms with Crippen molar-refractivity contribution in [3.8, 4) is 0 Å². The first-order valence-electron chi connectivity index (χ1n) is 16.8. The van der Waals surface area contributed by atoms with Gasteiger partial charge in [0.25, 0.3) is 0 Å². The predicted molar refractivity (Wildman–Crippen MR) is 183 cm³/mol. The molecule has 6 rings (SSSR count). The monoisotopic (exact) mass is 766 g/mol. The molecule has 1 saturated heterocycles. The molecule has 1 saturated carbocycles. The van der Waals surface area contributed by atoms with Crippen LogP contribution in [0.15, 0.2) is 67.1 Å². The van der Waals surface area contributed by atoms with Crippen molar-refractivity contribution in [1.29, 1.82) is 0 Å². The van der Waals surface area contributed by atoms with Crippen LogP contribution in [0.5, 0.6) is 0 Å². The van der Waals surface area contributed by atoms with Crippen molar-refractivity contribution >= 4 is 40.9 Å². The van der Waals surface area contributed by atoms with E-state index >= 15 is 0 Å². The third-order valence-electron chi connectivity index (χ3n) is 9.62. The first-order valence-corrected chi connectivity index (χ1v) is 17.5. The molecule has 1 aliphatic carbocycles. The molecule has 8 nitrogen and oxygen atoms in total. The SMILES string of the molecule is CC[C@@H]1C[C@H](N(Cc2cc(C(F)(F)F)cc(C(F)(F)F)c2)c2ncc(C3CCC(OC(=O)c4ccccc4)CC3)cn2)CN1c1nc(Cl)ncc1Cl. The van der Waals surface area contributed by atoms with E-state index in [1.165, 1.54) is 6.20 Å². The van der Waals surface area contributed by atoms with Crippen LogP contribution in [0.25, 0.3) is 0 Å². The third kappa shape index (κ3) is 8.71. The van der Waals surface area contributed by atoms with E-state index in [4.69, 9.17) is 27.9 Å². The van der Waals surface area contributed by atoms with Crippen molar-refractivity contribution in [3.05, 3.63) is 105 Å². The molecule has 0 spiro atoms. The van der Waals surface area contributed by atoms with Gasteiger partial charge in [0.05, 0.1) is 28.9 Å².